The highest BCUT2D eigenvalue weighted by Crippen LogP contribution is 2.21. The minimum Gasteiger partial charge on any atom is -0.479 e. The number of alkyl halides is 1. The monoisotopic (exact) mass is 258 g/mol. The second-order valence-electron chi connectivity index (χ2n) is 2.33. The van der Waals surface area contributed by atoms with Crippen molar-refractivity contribution in [2.45, 2.75) is 29.8 Å². The number of hydrogen-bond donors (Lipinski definition) is 2. The summed E-state index contributed by atoms with van der Waals surface area (Å²) in [5.41, 5.74) is -1.59. The molecule has 0 aliphatic rings. The molecular weight excluding hydrogens is 247 g/mol. The van der Waals surface area contributed by atoms with E-state index in [1.165, 1.54) is 6.92 Å². The van der Waals surface area contributed by atoms with Crippen molar-refractivity contribution in [2.75, 3.05) is 0 Å². The molecular formula is C6H11IO3. The molecule has 0 aromatic carbocycles. The first-order valence-electron chi connectivity index (χ1n) is 3.02. The summed E-state index contributed by atoms with van der Waals surface area (Å²) >= 11 is 1.93. The molecule has 0 aromatic rings. The molecule has 0 heterocycles. The predicted molar refractivity (Wildman–Crippen MR) is 46.4 cm³/mol. The predicted octanol–water partition coefficient (Wildman–Crippen LogP) is 1.04. The van der Waals surface area contributed by atoms with Crippen LogP contribution >= 0.6 is 22.6 Å². The lowest BCUT2D eigenvalue weighted by atomic mass is 10.0. The number of aliphatic hydroxyl groups is 1. The van der Waals surface area contributed by atoms with Crippen LogP contribution < -0.4 is 0 Å². The van der Waals surface area contributed by atoms with Gasteiger partial charge in [0, 0.05) is 0 Å². The Kier molecular flexibility index (Phi) is 3.58. The second-order valence-corrected chi connectivity index (χ2v) is 3.83. The molecule has 0 aromatic heterocycles. The molecule has 0 aliphatic carbocycles. The lowest BCUT2D eigenvalue weighted by Gasteiger charge is -2.22. The summed E-state index contributed by atoms with van der Waals surface area (Å²) in [7, 11) is 0. The fourth-order valence-electron chi connectivity index (χ4n) is 0.531. The summed E-state index contributed by atoms with van der Waals surface area (Å²) in [4.78, 5) is 10.4. The Hall–Kier alpha value is 0.160. The van der Waals surface area contributed by atoms with Crippen molar-refractivity contribution in [3.8, 4) is 0 Å². The van der Waals surface area contributed by atoms with Gasteiger partial charge in [-0.15, -0.1) is 0 Å². The summed E-state index contributed by atoms with van der Waals surface area (Å²) in [5, 5.41) is 17.7. The summed E-state index contributed by atoms with van der Waals surface area (Å²) in [5.74, 6) is -1.16. The first-order chi connectivity index (χ1) is 4.42. The van der Waals surface area contributed by atoms with Crippen LogP contribution in [0.15, 0.2) is 0 Å². The molecule has 0 amide bonds. The Morgan fingerprint density at radius 1 is 1.80 bits per heavy atom. The quantitative estimate of drug-likeness (QED) is 0.587. The first kappa shape index (κ1) is 10.2. The first-order valence-corrected chi connectivity index (χ1v) is 4.27. The zero-order valence-corrected chi connectivity index (χ0v) is 8.12. The van der Waals surface area contributed by atoms with Crippen LogP contribution in [0.3, 0.4) is 0 Å². The topological polar surface area (TPSA) is 57.5 Å². The van der Waals surface area contributed by atoms with Crippen LogP contribution in [0, 0.1) is 0 Å². The average Bonchev–Trinajstić information content (AvgIpc) is 1.86. The van der Waals surface area contributed by atoms with Gasteiger partial charge in [-0.3, -0.25) is 0 Å². The van der Waals surface area contributed by atoms with Gasteiger partial charge in [0.1, 0.15) is 0 Å². The number of carbonyl (C=O) groups is 1. The summed E-state index contributed by atoms with van der Waals surface area (Å²) in [6.45, 7) is 3.16. The minimum atomic E-state index is -1.59. The van der Waals surface area contributed by atoms with E-state index in [0.717, 1.165) is 0 Å². The van der Waals surface area contributed by atoms with Crippen LogP contribution in [-0.2, 0) is 4.79 Å². The van der Waals surface area contributed by atoms with Crippen molar-refractivity contribution < 1.29 is 15.0 Å². The van der Waals surface area contributed by atoms with E-state index in [9.17, 15) is 9.90 Å². The van der Waals surface area contributed by atoms with E-state index >= 15 is 0 Å². The molecule has 3 nitrogen and oxygen atoms in total. The third kappa shape index (κ3) is 2.09. The van der Waals surface area contributed by atoms with E-state index in [1.54, 1.807) is 0 Å². The van der Waals surface area contributed by atoms with Crippen molar-refractivity contribution >= 4 is 28.6 Å². The number of aliphatic carboxylic acids is 1. The molecule has 0 rings (SSSR count). The fourth-order valence-corrected chi connectivity index (χ4v) is 0.798. The Labute approximate surface area is 73.6 Å². The van der Waals surface area contributed by atoms with E-state index in [2.05, 4.69) is 0 Å². The molecule has 60 valence electrons. The third-order valence-electron chi connectivity index (χ3n) is 1.40. The second kappa shape index (κ2) is 3.52. The third-order valence-corrected chi connectivity index (χ3v) is 3.49. The van der Waals surface area contributed by atoms with E-state index in [4.69, 9.17) is 5.11 Å². The minimum absolute atomic E-state index is 0.234. The smallest absolute Gasteiger partial charge is 0.336 e. The molecule has 0 radical (unpaired) electrons. The van der Waals surface area contributed by atoms with Gasteiger partial charge in [-0.25, -0.2) is 4.79 Å². The van der Waals surface area contributed by atoms with Gasteiger partial charge in [0.2, 0.25) is 0 Å². The lowest BCUT2D eigenvalue weighted by molar-refractivity contribution is -0.156. The van der Waals surface area contributed by atoms with Gasteiger partial charge in [-0.2, -0.15) is 0 Å². The van der Waals surface area contributed by atoms with Crippen molar-refractivity contribution in [3.05, 3.63) is 0 Å². The van der Waals surface area contributed by atoms with Crippen LogP contribution in [0.5, 0.6) is 0 Å². The average molecular weight is 258 g/mol. The van der Waals surface area contributed by atoms with Crippen molar-refractivity contribution in [1.29, 1.82) is 0 Å². The van der Waals surface area contributed by atoms with Crippen molar-refractivity contribution in [2.24, 2.45) is 0 Å². The van der Waals surface area contributed by atoms with E-state index in [0.29, 0.717) is 6.42 Å². The van der Waals surface area contributed by atoms with Crippen LogP contribution in [0.4, 0.5) is 0 Å². The van der Waals surface area contributed by atoms with Crippen LogP contribution in [0.2, 0.25) is 0 Å². The molecule has 0 bridgehead atoms. The molecule has 0 aliphatic heterocycles. The normalized spacial score (nSPS) is 19.6. The summed E-state index contributed by atoms with van der Waals surface area (Å²) in [6.07, 6.45) is 0.653. The van der Waals surface area contributed by atoms with E-state index in [1.807, 2.05) is 29.5 Å². The summed E-state index contributed by atoms with van der Waals surface area (Å²) in [6, 6.07) is 0. The molecule has 0 saturated carbocycles. The molecule has 0 fully saturated rings. The highest BCUT2D eigenvalue weighted by molar-refractivity contribution is 14.1. The zero-order chi connectivity index (χ0) is 8.36. The van der Waals surface area contributed by atoms with Crippen molar-refractivity contribution in [1.82, 2.24) is 0 Å². The van der Waals surface area contributed by atoms with Gasteiger partial charge in [-0.1, -0.05) is 29.5 Å². The van der Waals surface area contributed by atoms with Gasteiger partial charge in [0.25, 0.3) is 0 Å². The SMILES string of the molecule is CC[C@@H](I)[C@@](C)(O)C(=O)O. The Bertz CT molecular complexity index is 133. The Morgan fingerprint density at radius 3 is 2.30 bits per heavy atom. The van der Waals surface area contributed by atoms with Crippen LogP contribution in [-0.4, -0.2) is 25.7 Å². The van der Waals surface area contributed by atoms with Crippen molar-refractivity contribution in [3.63, 3.8) is 0 Å². The van der Waals surface area contributed by atoms with Gasteiger partial charge < -0.3 is 10.2 Å². The van der Waals surface area contributed by atoms with Gasteiger partial charge in [0.15, 0.2) is 5.60 Å². The number of hydrogen-bond acceptors (Lipinski definition) is 2. The van der Waals surface area contributed by atoms with Gasteiger partial charge in [0.05, 0.1) is 3.92 Å². The molecule has 0 unspecified atom stereocenters. The maximum absolute atomic E-state index is 10.4. The fraction of sp³-hybridized carbons (Fsp3) is 0.833. The van der Waals surface area contributed by atoms with Crippen LogP contribution in [0.1, 0.15) is 20.3 Å². The standard InChI is InChI=1S/C6H11IO3/c1-3-4(7)6(2,10)5(8)9/h4,10H,3H2,1-2H3,(H,8,9)/t4-,6-/m1/s1. The molecule has 4 heteroatoms. The Balaban J connectivity index is 4.23. The molecule has 10 heavy (non-hydrogen) atoms. The van der Waals surface area contributed by atoms with E-state index in [-0.39, 0.29) is 3.92 Å². The number of halogens is 1. The zero-order valence-electron chi connectivity index (χ0n) is 5.97. The Morgan fingerprint density at radius 2 is 2.20 bits per heavy atom. The number of rotatable bonds is 3. The summed E-state index contributed by atoms with van der Waals surface area (Å²) < 4.78 is -0.234. The molecule has 2 atom stereocenters. The number of carboxylic acid groups (broad SMARTS) is 1. The molecule has 0 spiro atoms. The van der Waals surface area contributed by atoms with Gasteiger partial charge >= 0.3 is 5.97 Å². The highest BCUT2D eigenvalue weighted by Gasteiger charge is 2.36. The number of carboxylic acids is 1. The maximum Gasteiger partial charge on any atom is 0.336 e. The largest absolute Gasteiger partial charge is 0.479 e. The molecule has 0 saturated heterocycles. The van der Waals surface area contributed by atoms with Crippen LogP contribution in [0.25, 0.3) is 0 Å². The lowest BCUT2D eigenvalue weighted by Crippen LogP contribution is -2.43. The van der Waals surface area contributed by atoms with E-state index < -0.39 is 11.6 Å². The van der Waals surface area contributed by atoms with Gasteiger partial charge in [-0.05, 0) is 13.3 Å². The maximum atomic E-state index is 10.4. The molecule has 2 N–H and O–H groups in total. The highest BCUT2D eigenvalue weighted by atomic mass is 127.